The number of nitrogens with zero attached hydrogens (tertiary/aromatic N) is 2. The average Bonchev–Trinajstić information content (AvgIpc) is 3.25. The summed E-state index contributed by atoms with van der Waals surface area (Å²) in [6, 6.07) is 2.61. The molecule has 1 saturated carbocycles. The first-order valence-corrected chi connectivity index (χ1v) is 12.5. The summed E-state index contributed by atoms with van der Waals surface area (Å²) in [5.74, 6) is -0.0446. The second-order valence-electron chi connectivity index (χ2n) is 8.88. The molecule has 1 aromatic rings. The molecular weight excluding hydrogens is 418 g/mol. The van der Waals surface area contributed by atoms with Gasteiger partial charge in [-0.2, -0.15) is 4.31 Å². The van der Waals surface area contributed by atoms with E-state index in [4.69, 9.17) is 4.74 Å². The topological polar surface area (TPSA) is 96.0 Å². The van der Waals surface area contributed by atoms with Crippen molar-refractivity contribution in [1.82, 2.24) is 9.21 Å². The Balaban J connectivity index is 1.61. The van der Waals surface area contributed by atoms with E-state index in [-0.39, 0.29) is 22.8 Å². The fourth-order valence-electron chi connectivity index (χ4n) is 4.91. The molecule has 1 aliphatic carbocycles. The van der Waals surface area contributed by atoms with E-state index in [1.165, 1.54) is 16.8 Å². The number of rotatable bonds is 4. The first-order chi connectivity index (χ1) is 14.7. The predicted octanol–water partition coefficient (Wildman–Crippen LogP) is 2.66. The van der Waals surface area contributed by atoms with Crippen LogP contribution in [0, 0.1) is 6.92 Å². The van der Waals surface area contributed by atoms with Crippen LogP contribution in [0.4, 0.5) is 5.69 Å². The number of ether oxygens (including phenoxy) is 1. The van der Waals surface area contributed by atoms with Gasteiger partial charge in [0, 0.05) is 25.7 Å². The number of hydrogen-bond donors (Lipinski definition) is 1. The Morgan fingerprint density at radius 2 is 1.87 bits per heavy atom. The first-order valence-electron chi connectivity index (χ1n) is 11.1. The fraction of sp³-hybridized carbons (Fsp3) is 0.636. The molecule has 31 heavy (non-hydrogen) atoms. The summed E-state index contributed by atoms with van der Waals surface area (Å²) in [6.45, 7) is 3.63. The molecule has 170 valence electrons. The van der Waals surface area contributed by atoms with Gasteiger partial charge in [0.1, 0.15) is 11.8 Å². The molecule has 2 heterocycles. The molecule has 3 aliphatic rings. The number of sulfonamides is 1. The van der Waals surface area contributed by atoms with E-state index in [9.17, 15) is 18.0 Å². The average molecular weight is 450 g/mol. The SMILES string of the molecule is Cc1cc2c(cc1S(=O)(=O)N1CCC[C@H]1C(=O)N(C)C1CCCCC1)O[C@@H](C)C(=O)N2. The van der Waals surface area contributed by atoms with E-state index < -0.39 is 22.2 Å². The van der Waals surface area contributed by atoms with E-state index in [2.05, 4.69) is 5.32 Å². The maximum absolute atomic E-state index is 13.6. The van der Waals surface area contributed by atoms with Gasteiger partial charge in [-0.15, -0.1) is 0 Å². The molecule has 1 N–H and O–H groups in total. The Hall–Kier alpha value is -2.13. The van der Waals surface area contributed by atoms with Crippen molar-refractivity contribution in [1.29, 1.82) is 0 Å². The number of anilines is 1. The summed E-state index contributed by atoms with van der Waals surface area (Å²) in [6.07, 6.45) is 5.86. The van der Waals surface area contributed by atoms with Crippen LogP contribution in [0.15, 0.2) is 17.0 Å². The molecule has 0 bridgehead atoms. The van der Waals surface area contributed by atoms with Gasteiger partial charge in [0.15, 0.2) is 6.10 Å². The summed E-state index contributed by atoms with van der Waals surface area (Å²) in [7, 11) is -2.09. The first kappa shape index (κ1) is 22.1. The predicted molar refractivity (Wildman–Crippen MR) is 116 cm³/mol. The number of benzene rings is 1. The minimum absolute atomic E-state index is 0.110. The van der Waals surface area contributed by atoms with Crippen molar-refractivity contribution in [3.05, 3.63) is 17.7 Å². The van der Waals surface area contributed by atoms with Gasteiger partial charge in [0.05, 0.1) is 10.6 Å². The van der Waals surface area contributed by atoms with Gasteiger partial charge in [-0.05, 0) is 51.2 Å². The van der Waals surface area contributed by atoms with Gasteiger partial charge in [-0.25, -0.2) is 8.42 Å². The number of aryl methyl sites for hydroxylation is 1. The van der Waals surface area contributed by atoms with Crippen LogP contribution in [0.1, 0.15) is 57.4 Å². The number of carbonyl (C=O) groups is 2. The summed E-state index contributed by atoms with van der Waals surface area (Å²) in [5, 5.41) is 2.74. The van der Waals surface area contributed by atoms with Crippen molar-refractivity contribution < 1.29 is 22.7 Å². The minimum atomic E-state index is -3.90. The Labute approximate surface area is 184 Å². The zero-order chi connectivity index (χ0) is 22.3. The molecule has 1 aromatic carbocycles. The Bertz CT molecular complexity index is 987. The number of hydrogen-bond acceptors (Lipinski definition) is 5. The van der Waals surface area contributed by atoms with Crippen molar-refractivity contribution in [3.63, 3.8) is 0 Å². The Kier molecular flexibility index (Phi) is 6.00. The normalized spacial score (nSPS) is 24.9. The highest BCUT2D eigenvalue weighted by Gasteiger charge is 2.42. The van der Waals surface area contributed by atoms with E-state index >= 15 is 0 Å². The lowest BCUT2D eigenvalue weighted by Crippen LogP contribution is -2.50. The van der Waals surface area contributed by atoms with Gasteiger partial charge < -0.3 is 15.0 Å². The van der Waals surface area contributed by atoms with Crippen LogP contribution in [0.5, 0.6) is 5.75 Å². The van der Waals surface area contributed by atoms with Gasteiger partial charge in [0.2, 0.25) is 15.9 Å². The van der Waals surface area contributed by atoms with Crippen molar-refractivity contribution in [3.8, 4) is 5.75 Å². The van der Waals surface area contributed by atoms with E-state index in [1.807, 2.05) is 7.05 Å². The largest absolute Gasteiger partial charge is 0.479 e. The number of amides is 2. The highest BCUT2D eigenvalue weighted by atomic mass is 32.2. The third kappa shape index (κ3) is 4.05. The quantitative estimate of drug-likeness (QED) is 0.762. The molecule has 2 aliphatic heterocycles. The van der Waals surface area contributed by atoms with Crippen LogP contribution in [-0.4, -0.2) is 61.2 Å². The third-order valence-electron chi connectivity index (χ3n) is 6.75. The van der Waals surface area contributed by atoms with Crippen LogP contribution in [0.25, 0.3) is 0 Å². The number of fused-ring (bicyclic) bond motifs is 1. The lowest BCUT2D eigenvalue weighted by atomic mass is 9.94. The molecule has 4 rings (SSSR count). The van der Waals surface area contributed by atoms with Crippen LogP contribution in [0.3, 0.4) is 0 Å². The summed E-state index contributed by atoms with van der Waals surface area (Å²) in [4.78, 5) is 27.0. The number of likely N-dealkylation sites (N-methyl/N-ethyl adjacent to an activating group) is 1. The molecule has 1 saturated heterocycles. The molecule has 0 aromatic heterocycles. The van der Waals surface area contributed by atoms with Crippen molar-refractivity contribution >= 4 is 27.5 Å². The zero-order valence-corrected chi connectivity index (χ0v) is 19.2. The summed E-state index contributed by atoms with van der Waals surface area (Å²) in [5.41, 5.74) is 0.974. The van der Waals surface area contributed by atoms with Crippen molar-refractivity contribution in [2.75, 3.05) is 18.9 Å². The highest BCUT2D eigenvalue weighted by molar-refractivity contribution is 7.89. The van der Waals surface area contributed by atoms with Crippen molar-refractivity contribution in [2.45, 2.75) is 81.9 Å². The zero-order valence-electron chi connectivity index (χ0n) is 18.4. The van der Waals surface area contributed by atoms with Gasteiger partial charge in [-0.3, -0.25) is 9.59 Å². The van der Waals surface area contributed by atoms with Gasteiger partial charge in [0.25, 0.3) is 5.91 Å². The second kappa shape index (κ2) is 8.43. The van der Waals surface area contributed by atoms with Crippen LogP contribution in [0.2, 0.25) is 0 Å². The molecule has 0 spiro atoms. The molecule has 2 amide bonds. The van der Waals surface area contributed by atoms with E-state index in [0.717, 1.165) is 25.7 Å². The minimum Gasteiger partial charge on any atom is -0.479 e. The number of nitrogens with one attached hydrogen (secondary N) is 1. The van der Waals surface area contributed by atoms with Crippen LogP contribution in [-0.2, 0) is 19.6 Å². The lowest BCUT2D eigenvalue weighted by molar-refractivity contribution is -0.136. The third-order valence-corrected chi connectivity index (χ3v) is 8.80. The molecule has 2 atom stereocenters. The maximum atomic E-state index is 13.6. The molecule has 9 heteroatoms. The lowest BCUT2D eigenvalue weighted by Gasteiger charge is -2.35. The molecule has 8 nitrogen and oxygen atoms in total. The van der Waals surface area contributed by atoms with Crippen LogP contribution < -0.4 is 10.1 Å². The Morgan fingerprint density at radius 3 is 2.58 bits per heavy atom. The fourth-order valence-corrected chi connectivity index (χ4v) is 6.78. The van der Waals surface area contributed by atoms with Gasteiger partial charge >= 0.3 is 0 Å². The summed E-state index contributed by atoms with van der Waals surface area (Å²) < 4.78 is 34.2. The van der Waals surface area contributed by atoms with E-state index in [0.29, 0.717) is 36.4 Å². The van der Waals surface area contributed by atoms with Crippen LogP contribution >= 0.6 is 0 Å². The molecule has 0 radical (unpaired) electrons. The molecular formula is C22H31N3O5S. The second-order valence-corrected chi connectivity index (χ2v) is 10.7. The van der Waals surface area contributed by atoms with Gasteiger partial charge in [-0.1, -0.05) is 19.3 Å². The summed E-state index contributed by atoms with van der Waals surface area (Å²) >= 11 is 0. The van der Waals surface area contributed by atoms with E-state index in [1.54, 1.807) is 24.8 Å². The molecule has 2 fully saturated rings. The van der Waals surface area contributed by atoms with Crippen molar-refractivity contribution in [2.24, 2.45) is 0 Å². The number of carbonyl (C=O) groups excluding carboxylic acids is 2. The maximum Gasteiger partial charge on any atom is 0.265 e. The Morgan fingerprint density at radius 1 is 1.16 bits per heavy atom. The highest BCUT2D eigenvalue weighted by Crippen LogP contribution is 2.37. The monoisotopic (exact) mass is 449 g/mol. The molecule has 0 unspecified atom stereocenters. The standard InChI is InChI=1S/C22H31N3O5S/c1-14-12-17-19(30-15(2)21(26)23-17)13-20(14)31(28,29)25-11-7-10-18(25)22(27)24(3)16-8-5-4-6-9-16/h12-13,15-16,18H,4-11H2,1-3H3,(H,23,26)/t15-,18-/m0/s1. The smallest absolute Gasteiger partial charge is 0.265 e.